The first kappa shape index (κ1) is 27.1. The highest BCUT2D eigenvalue weighted by molar-refractivity contribution is 6.21. The van der Waals surface area contributed by atoms with E-state index >= 15 is 0 Å². The monoisotopic (exact) mass is 423 g/mol. The number of nitrogens with zero attached hydrogens (tertiary/aromatic N) is 1. The summed E-state index contributed by atoms with van der Waals surface area (Å²) in [5, 5.41) is 0. The molecule has 1 rings (SSSR count). The van der Waals surface area contributed by atoms with Crippen molar-refractivity contribution in [1.82, 2.24) is 4.98 Å². The number of rotatable bonds is 11. The summed E-state index contributed by atoms with van der Waals surface area (Å²) in [6.45, 7) is 11.4. The van der Waals surface area contributed by atoms with Gasteiger partial charge in [0, 0.05) is 19.7 Å². The van der Waals surface area contributed by atoms with Crippen LogP contribution >= 0.6 is 0 Å². The average molecular weight is 423 g/mol. The minimum atomic E-state index is -4.67. The second kappa shape index (κ2) is 15.0. The molecule has 0 saturated carbocycles. The molecular weight excluding hydrogens is 395 g/mol. The molecule has 164 valence electrons. The highest BCUT2D eigenvalue weighted by Gasteiger charge is 2.36. The van der Waals surface area contributed by atoms with Gasteiger partial charge in [0.2, 0.25) is 0 Å². The minimum Gasteiger partial charge on any atom is -0.496 e. The van der Waals surface area contributed by atoms with E-state index in [1.54, 1.807) is 18.2 Å². The first-order valence-electron chi connectivity index (χ1n) is 9.30. The van der Waals surface area contributed by atoms with E-state index in [0.29, 0.717) is 12.2 Å². The fraction of sp³-hybridized carbons (Fsp3) is 0.304. The van der Waals surface area contributed by atoms with Gasteiger partial charge >= 0.3 is 6.18 Å². The van der Waals surface area contributed by atoms with Gasteiger partial charge in [-0.3, -0.25) is 9.78 Å². The lowest BCUT2D eigenvalue weighted by atomic mass is 9.97. The quantitative estimate of drug-likeness (QED) is 0.145. The number of ether oxygens (including phenoxy) is 2. The number of aromatic nitrogens is 1. The Bertz CT molecular complexity index is 778. The third-order valence-electron chi connectivity index (χ3n) is 3.38. The molecule has 0 spiro atoms. The topological polar surface area (TPSA) is 48.4 Å². The van der Waals surface area contributed by atoms with Crippen molar-refractivity contribution in [1.29, 1.82) is 0 Å². The molecule has 0 N–H and O–H groups in total. The number of alkyl halides is 3. The predicted octanol–water partition coefficient (Wildman–Crippen LogP) is 5.94. The molecule has 0 aliphatic rings. The van der Waals surface area contributed by atoms with Gasteiger partial charge in [-0.05, 0) is 17.7 Å². The van der Waals surface area contributed by atoms with E-state index < -0.39 is 23.2 Å². The molecule has 1 aromatic rings. The van der Waals surface area contributed by atoms with Gasteiger partial charge in [-0.15, -0.1) is 0 Å². The summed E-state index contributed by atoms with van der Waals surface area (Å²) >= 11 is 0. The van der Waals surface area contributed by atoms with Crippen molar-refractivity contribution in [3.8, 4) is 0 Å². The lowest BCUT2D eigenvalue weighted by Crippen LogP contribution is -2.14. The molecule has 0 aliphatic carbocycles. The van der Waals surface area contributed by atoms with E-state index in [1.165, 1.54) is 25.5 Å². The van der Waals surface area contributed by atoms with Crippen LogP contribution in [-0.2, 0) is 20.4 Å². The van der Waals surface area contributed by atoms with Crippen LogP contribution in [0.4, 0.5) is 13.2 Å². The predicted molar refractivity (Wildman–Crippen MR) is 114 cm³/mol. The van der Waals surface area contributed by atoms with Gasteiger partial charge < -0.3 is 9.47 Å². The van der Waals surface area contributed by atoms with Gasteiger partial charge in [0.05, 0.1) is 29.7 Å². The van der Waals surface area contributed by atoms with E-state index in [9.17, 15) is 18.0 Å². The van der Waals surface area contributed by atoms with E-state index in [2.05, 4.69) is 18.1 Å². The summed E-state index contributed by atoms with van der Waals surface area (Å²) in [6, 6.07) is 2.03. The number of allylic oxidation sites excluding steroid dienone is 5. The average Bonchev–Trinajstić information content (AvgIpc) is 2.72. The smallest absolute Gasteiger partial charge is 0.418 e. The second-order valence-electron chi connectivity index (χ2n) is 5.49. The van der Waals surface area contributed by atoms with E-state index in [4.69, 9.17) is 9.47 Å². The van der Waals surface area contributed by atoms with E-state index in [0.717, 1.165) is 18.4 Å². The maximum atomic E-state index is 13.4. The van der Waals surface area contributed by atoms with E-state index in [-0.39, 0.29) is 18.6 Å². The third kappa shape index (κ3) is 9.52. The summed E-state index contributed by atoms with van der Waals surface area (Å²) in [4.78, 5) is 16.6. The zero-order chi connectivity index (χ0) is 23.0. The summed E-state index contributed by atoms with van der Waals surface area (Å²) in [7, 11) is 1.52. The van der Waals surface area contributed by atoms with Gasteiger partial charge in [0.1, 0.15) is 6.61 Å². The standard InChI is InChI=1S/C21H22F3NO3.C2H6/c1-4-8-16(9-7-13-27-3)14-19(26)17(15-28-12-5-2)20-18(21(22,23)24)10-6-11-25-20;1-2/h4-11,15H,1-2,12-14H2,3H3;1-2H3/b9-7-,16-8+,17-15+;. The molecule has 1 heterocycles. The van der Waals surface area contributed by atoms with Crippen molar-refractivity contribution in [3.63, 3.8) is 0 Å². The molecule has 30 heavy (non-hydrogen) atoms. The molecule has 0 aromatic carbocycles. The Morgan fingerprint density at radius 1 is 1.23 bits per heavy atom. The zero-order valence-electron chi connectivity index (χ0n) is 17.5. The molecule has 0 fully saturated rings. The second-order valence-corrected chi connectivity index (χ2v) is 5.49. The first-order valence-corrected chi connectivity index (χ1v) is 9.30. The number of ketones is 1. The van der Waals surface area contributed by atoms with Crippen LogP contribution in [0, 0.1) is 0 Å². The molecule has 4 nitrogen and oxygen atoms in total. The maximum absolute atomic E-state index is 13.4. The van der Waals surface area contributed by atoms with Gasteiger partial charge in [-0.2, -0.15) is 13.2 Å². The van der Waals surface area contributed by atoms with Crippen LogP contribution in [-0.4, -0.2) is 31.1 Å². The molecular formula is C23H28F3NO3. The van der Waals surface area contributed by atoms with E-state index in [1.807, 2.05) is 13.8 Å². The van der Waals surface area contributed by atoms with Gasteiger partial charge in [0.25, 0.3) is 0 Å². The maximum Gasteiger partial charge on any atom is 0.418 e. The molecule has 1 aromatic heterocycles. The highest BCUT2D eigenvalue weighted by atomic mass is 19.4. The van der Waals surface area contributed by atoms with Crippen molar-refractivity contribution >= 4 is 11.4 Å². The zero-order valence-corrected chi connectivity index (χ0v) is 17.5. The van der Waals surface area contributed by atoms with Gasteiger partial charge in [-0.1, -0.05) is 57.4 Å². The van der Waals surface area contributed by atoms with Crippen LogP contribution < -0.4 is 0 Å². The molecule has 7 heteroatoms. The number of carbonyl (C=O) groups is 1. The number of carbonyl (C=O) groups excluding carboxylic acids is 1. The molecule has 0 unspecified atom stereocenters. The molecule has 0 saturated heterocycles. The Morgan fingerprint density at radius 2 is 1.93 bits per heavy atom. The van der Waals surface area contributed by atoms with Crippen LogP contribution in [0.3, 0.4) is 0 Å². The lowest BCUT2D eigenvalue weighted by molar-refractivity contribution is -0.138. The van der Waals surface area contributed by atoms with Crippen molar-refractivity contribution in [2.45, 2.75) is 26.4 Å². The molecule has 0 bridgehead atoms. The van der Waals surface area contributed by atoms with Gasteiger partial charge in [-0.25, -0.2) is 0 Å². The Balaban J connectivity index is 0.00000407. The Kier molecular flexibility index (Phi) is 13.5. The molecule has 0 atom stereocenters. The summed E-state index contributed by atoms with van der Waals surface area (Å²) < 4.78 is 50.1. The van der Waals surface area contributed by atoms with Crippen LogP contribution in [0.25, 0.3) is 5.57 Å². The van der Waals surface area contributed by atoms with Crippen LogP contribution in [0.2, 0.25) is 0 Å². The molecule has 0 amide bonds. The van der Waals surface area contributed by atoms with Crippen molar-refractivity contribution < 1.29 is 27.4 Å². The Morgan fingerprint density at radius 3 is 2.50 bits per heavy atom. The van der Waals surface area contributed by atoms with Crippen LogP contribution in [0.1, 0.15) is 31.5 Å². The number of Topliss-reactive ketones (excluding diaryl/α,β-unsaturated/α-hetero) is 1. The number of methoxy groups -OCH3 is 1. The Hall–Kier alpha value is -2.93. The fourth-order valence-corrected chi connectivity index (χ4v) is 2.20. The SMILES string of the molecule is C=C/C=C(\C=C/COC)CC(=O)/C(=C\OCC=C)c1ncccc1C(F)(F)F.CC. The number of pyridine rings is 1. The largest absolute Gasteiger partial charge is 0.496 e. The summed E-state index contributed by atoms with van der Waals surface area (Å²) in [6.07, 6.45) is 5.18. The number of hydrogen-bond acceptors (Lipinski definition) is 4. The highest BCUT2D eigenvalue weighted by Crippen LogP contribution is 2.34. The third-order valence-corrected chi connectivity index (χ3v) is 3.38. The fourth-order valence-electron chi connectivity index (χ4n) is 2.20. The summed E-state index contributed by atoms with van der Waals surface area (Å²) in [5.41, 5.74) is -1.22. The van der Waals surface area contributed by atoms with Crippen molar-refractivity contribution in [2.75, 3.05) is 20.3 Å². The van der Waals surface area contributed by atoms with Crippen LogP contribution in [0.5, 0.6) is 0 Å². The van der Waals surface area contributed by atoms with Crippen molar-refractivity contribution in [2.24, 2.45) is 0 Å². The normalized spacial score (nSPS) is 12.2. The molecule has 0 aliphatic heterocycles. The summed E-state index contributed by atoms with van der Waals surface area (Å²) in [5.74, 6) is -0.580. The number of halogens is 3. The van der Waals surface area contributed by atoms with Crippen LogP contribution in [0.15, 0.2) is 73.7 Å². The van der Waals surface area contributed by atoms with Gasteiger partial charge in [0.15, 0.2) is 5.78 Å². The minimum absolute atomic E-state index is 0.0358. The Labute approximate surface area is 176 Å². The lowest BCUT2D eigenvalue weighted by Gasteiger charge is -2.14. The van der Waals surface area contributed by atoms with Crippen molar-refractivity contribution in [3.05, 3.63) is 85.0 Å². The molecule has 0 radical (unpaired) electrons. The first-order chi connectivity index (χ1) is 14.3. The number of hydrogen-bond donors (Lipinski definition) is 0.